The second-order valence-corrected chi connectivity index (χ2v) is 6.02. The number of aliphatic hydroxyl groups excluding tert-OH is 1. The van der Waals surface area contributed by atoms with E-state index in [0.29, 0.717) is 30.9 Å². The van der Waals surface area contributed by atoms with Crippen LogP contribution in [0.4, 0.5) is 0 Å². The molecule has 21 heavy (non-hydrogen) atoms. The summed E-state index contributed by atoms with van der Waals surface area (Å²) in [6.45, 7) is 10.3. The fourth-order valence-corrected chi connectivity index (χ4v) is 2.15. The molecule has 1 unspecified atom stereocenters. The number of hydrogen-bond donors (Lipinski definition) is 2. The van der Waals surface area contributed by atoms with Crippen molar-refractivity contribution in [3.05, 3.63) is 42.5 Å². The van der Waals surface area contributed by atoms with Crippen LogP contribution in [-0.2, 0) is 0 Å². The lowest BCUT2D eigenvalue weighted by Crippen LogP contribution is -2.35. The van der Waals surface area contributed by atoms with E-state index in [1.807, 2.05) is 13.8 Å². The van der Waals surface area contributed by atoms with Crippen LogP contribution in [0.3, 0.4) is 0 Å². The monoisotopic (exact) mass is 291 g/mol. The summed E-state index contributed by atoms with van der Waals surface area (Å²) in [5.74, 6) is 0.588. The van der Waals surface area contributed by atoms with Gasteiger partial charge >= 0.3 is 0 Å². The van der Waals surface area contributed by atoms with Crippen LogP contribution < -0.4 is 10.1 Å². The molecule has 4 nitrogen and oxygen atoms in total. The Bertz CT molecular complexity index is 463. The van der Waals surface area contributed by atoms with Crippen molar-refractivity contribution in [2.75, 3.05) is 13.2 Å². The zero-order chi connectivity index (χ0) is 15.9. The summed E-state index contributed by atoms with van der Waals surface area (Å²) >= 11 is 0. The highest BCUT2D eigenvalue weighted by Gasteiger charge is 2.21. The first-order valence-electron chi connectivity index (χ1n) is 7.14. The molecule has 0 saturated heterocycles. The van der Waals surface area contributed by atoms with Gasteiger partial charge in [0, 0.05) is 12.1 Å². The van der Waals surface area contributed by atoms with E-state index in [1.54, 1.807) is 37.3 Å². The van der Waals surface area contributed by atoms with Gasteiger partial charge in [0.1, 0.15) is 12.4 Å². The lowest BCUT2D eigenvalue weighted by Gasteiger charge is -2.26. The Labute approximate surface area is 126 Å². The maximum Gasteiger partial charge on any atom is 0.251 e. The molecule has 2 N–H and O–H groups in total. The first kappa shape index (κ1) is 17.2. The predicted molar refractivity (Wildman–Crippen MR) is 84.5 cm³/mol. The van der Waals surface area contributed by atoms with Crippen LogP contribution in [0.2, 0.25) is 0 Å². The number of carbonyl (C=O) groups excluding carboxylic acids is 1. The molecule has 1 aromatic carbocycles. The van der Waals surface area contributed by atoms with Crippen molar-refractivity contribution >= 4 is 5.91 Å². The number of nitrogens with one attached hydrogen (secondary N) is 1. The summed E-state index contributed by atoms with van der Waals surface area (Å²) in [4.78, 5) is 12.1. The van der Waals surface area contributed by atoms with Gasteiger partial charge in [0.25, 0.3) is 5.91 Å². The van der Waals surface area contributed by atoms with E-state index in [2.05, 4.69) is 11.9 Å². The summed E-state index contributed by atoms with van der Waals surface area (Å²) < 4.78 is 5.37. The smallest absolute Gasteiger partial charge is 0.251 e. The van der Waals surface area contributed by atoms with Gasteiger partial charge in [0.15, 0.2) is 0 Å². The molecular weight excluding hydrogens is 266 g/mol. The fraction of sp³-hybridized carbons (Fsp3) is 0.471. The molecule has 0 radical (unpaired) electrons. The summed E-state index contributed by atoms with van der Waals surface area (Å²) in [5, 5.41) is 12.3. The van der Waals surface area contributed by atoms with E-state index in [1.165, 1.54) is 0 Å². The van der Waals surface area contributed by atoms with Crippen molar-refractivity contribution in [3.8, 4) is 5.75 Å². The number of benzene rings is 1. The van der Waals surface area contributed by atoms with E-state index in [4.69, 9.17) is 4.74 Å². The Morgan fingerprint density at radius 2 is 2.05 bits per heavy atom. The standard InChI is InChI=1S/C17H25NO3/c1-5-10-21-15-8-6-14(7-9-15)16(20)18-12-17(3,4)11-13(2)19/h5-9,13,19H,1,10-12H2,2-4H3,(H,18,20). The van der Waals surface area contributed by atoms with Gasteiger partial charge in [0.2, 0.25) is 0 Å². The van der Waals surface area contributed by atoms with E-state index in [9.17, 15) is 9.90 Å². The molecule has 0 heterocycles. The molecule has 0 spiro atoms. The molecule has 0 saturated carbocycles. The first-order valence-corrected chi connectivity index (χ1v) is 7.14. The number of aliphatic hydroxyl groups is 1. The summed E-state index contributed by atoms with van der Waals surface area (Å²) in [5.41, 5.74) is 0.449. The molecule has 4 heteroatoms. The molecule has 116 valence electrons. The van der Waals surface area contributed by atoms with Gasteiger partial charge in [-0.05, 0) is 43.0 Å². The Hall–Kier alpha value is -1.81. The van der Waals surface area contributed by atoms with Crippen LogP contribution in [0.5, 0.6) is 5.75 Å². The summed E-state index contributed by atoms with van der Waals surface area (Å²) in [6.07, 6.45) is 1.94. The Kier molecular flexibility index (Phi) is 6.43. The molecule has 1 rings (SSSR count). The van der Waals surface area contributed by atoms with Crippen molar-refractivity contribution in [3.63, 3.8) is 0 Å². The largest absolute Gasteiger partial charge is 0.490 e. The van der Waals surface area contributed by atoms with Crippen molar-refractivity contribution in [1.29, 1.82) is 0 Å². The van der Waals surface area contributed by atoms with Crippen molar-refractivity contribution in [1.82, 2.24) is 5.32 Å². The molecule has 0 aliphatic carbocycles. The van der Waals surface area contributed by atoms with E-state index in [-0.39, 0.29) is 17.4 Å². The van der Waals surface area contributed by atoms with E-state index in [0.717, 1.165) is 0 Å². The molecule has 0 aliphatic heterocycles. The minimum absolute atomic E-state index is 0.121. The number of ether oxygens (including phenoxy) is 1. The van der Waals surface area contributed by atoms with Crippen LogP contribution in [0, 0.1) is 5.41 Å². The highest BCUT2D eigenvalue weighted by molar-refractivity contribution is 5.94. The van der Waals surface area contributed by atoms with E-state index >= 15 is 0 Å². The number of rotatable bonds is 8. The molecule has 0 bridgehead atoms. The lowest BCUT2D eigenvalue weighted by atomic mass is 9.87. The maximum atomic E-state index is 12.1. The van der Waals surface area contributed by atoms with Gasteiger partial charge in [-0.15, -0.1) is 0 Å². The van der Waals surface area contributed by atoms with Crippen LogP contribution >= 0.6 is 0 Å². The van der Waals surface area contributed by atoms with Crippen LogP contribution in [-0.4, -0.2) is 30.3 Å². The third-order valence-electron chi connectivity index (χ3n) is 3.06. The molecule has 1 amide bonds. The molecule has 1 aromatic rings. The fourth-order valence-electron chi connectivity index (χ4n) is 2.15. The van der Waals surface area contributed by atoms with Gasteiger partial charge in [0.05, 0.1) is 6.10 Å². The highest BCUT2D eigenvalue weighted by Crippen LogP contribution is 2.21. The molecule has 1 atom stereocenters. The van der Waals surface area contributed by atoms with Gasteiger partial charge in [-0.3, -0.25) is 4.79 Å². The SMILES string of the molecule is C=CCOc1ccc(C(=O)NCC(C)(C)CC(C)O)cc1. The number of amides is 1. The Balaban J connectivity index is 2.53. The van der Waals surface area contributed by atoms with Crippen molar-refractivity contribution < 1.29 is 14.6 Å². The maximum absolute atomic E-state index is 12.1. The Morgan fingerprint density at radius 1 is 1.43 bits per heavy atom. The minimum Gasteiger partial charge on any atom is -0.490 e. The number of carbonyl (C=O) groups is 1. The third-order valence-corrected chi connectivity index (χ3v) is 3.06. The lowest BCUT2D eigenvalue weighted by molar-refractivity contribution is 0.0902. The average Bonchev–Trinajstić information content (AvgIpc) is 2.42. The molecule has 0 fully saturated rings. The van der Waals surface area contributed by atoms with Gasteiger partial charge < -0.3 is 15.2 Å². The van der Waals surface area contributed by atoms with Gasteiger partial charge in [-0.1, -0.05) is 26.5 Å². The predicted octanol–water partition coefficient (Wildman–Crippen LogP) is 2.78. The number of hydrogen-bond acceptors (Lipinski definition) is 3. The van der Waals surface area contributed by atoms with Crippen LogP contribution in [0.1, 0.15) is 37.6 Å². The topological polar surface area (TPSA) is 58.6 Å². The molecular formula is C17H25NO3. The van der Waals surface area contributed by atoms with Gasteiger partial charge in [-0.2, -0.15) is 0 Å². The Morgan fingerprint density at radius 3 is 2.57 bits per heavy atom. The van der Waals surface area contributed by atoms with Gasteiger partial charge in [-0.25, -0.2) is 0 Å². The zero-order valence-electron chi connectivity index (χ0n) is 13.1. The highest BCUT2D eigenvalue weighted by atomic mass is 16.5. The summed E-state index contributed by atoms with van der Waals surface area (Å²) in [7, 11) is 0. The second-order valence-electron chi connectivity index (χ2n) is 6.02. The molecule has 0 aliphatic rings. The normalized spacial score (nSPS) is 12.6. The van der Waals surface area contributed by atoms with E-state index < -0.39 is 0 Å². The second kappa shape index (κ2) is 7.84. The van der Waals surface area contributed by atoms with Crippen LogP contribution in [0.15, 0.2) is 36.9 Å². The first-order chi connectivity index (χ1) is 9.84. The summed E-state index contributed by atoms with van der Waals surface area (Å²) in [6, 6.07) is 6.99. The van der Waals surface area contributed by atoms with Crippen LogP contribution in [0.25, 0.3) is 0 Å². The van der Waals surface area contributed by atoms with Crippen molar-refractivity contribution in [2.45, 2.75) is 33.3 Å². The minimum atomic E-state index is -0.377. The van der Waals surface area contributed by atoms with Crippen molar-refractivity contribution in [2.24, 2.45) is 5.41 Å². The average molecular weight is 291 g/mol. The molecule has 0 aromatic heterocycles. The zero-order valence-corrected chi connectivity index (χ0v) is 13.1. The third kappa shape index (κ3) is 6.45. The quantitative estimate of drug-likeness (QED) is 0.724.